The minimum atomic E-state index is 0.413. The van der Waals surface area contributed by atoms with Gasteiger partial charge in [-0.05, 0) is 42.7 Å². The van der Waals surface area contributed by atoms with Crippen LogP contribution in [0.3, 0.4) is 0 Å². The number of fused-ring (bicyclic) bond motifs is 1. The van der Waals surface area contributed by atoms with Crippen molar-refractivity contribution >= 4 is 17.7 Å². The summed E-state index contributed by atoms with van der Waals surface area (Å²) in [6.07, 6.45) is 7.03. The summed E-state index contributed by atoms with van der Waals surface area (Å²) in [6.45, 7) is 6.90. The van der Waals surface area contributed by atoms with Crippen LogP contribution >= 0.6 is 11.8 Å². The predicted octanol–water partition coefficient (Wildman–Crippen LogP) is 5.62. The van der Waals surface area contributed by atoms with Crippen molar-refractivity contribution in [2.45, 2.75) is 76.3 Å². The maximum Gasteiger partial charge on any atom is 0.223 e. The molecule has 1 aromatic carbocycles. The minimum absolute atomic E-state index is 0.413. The molecule has 0 saturated carbocycles. The Labute approximate surface area is 157 Å². The topological polar surface area (TPSA) is 20.3 Å². The smallest absolute Gasteiger partial charge is 0.223 e. The van der Waals surface area contributed by atoms with Gasteiger partial charge in [0.2, 0.25) is 5.91 Å². The monoisotopic (exact) mass is 359 g/mol. The molecule has 1 amide bonds. The van der Waals surface area contributed by atoms with Gasteiger partial charge in [-0.3, -0.25) is 4.79 Å². The Morgan fingerprint density at radius 2 is 1.92 bits per heavy atom. The molecule has 0 bridgehead atoms. The molecule has 2 aliphatic rings. The molecule has 0 aromatic heterocycles. The highest BCUT2D eigenvalue weighted by molar-refractivity contribution is 7.99. The van der Waals surface area contributed by atoms with Gasteiger partial charge >= 0.3 is 0 Å². The highest BCUT2D eigenvalue weighted by Crippen LogP contribution is 2.48. The summed E-state index contributed by atoms with van der Waals surface area (Å²) in [5.41, 5.74) is 0. The normalized spacial score (nSPS) is 28.8. The molecule has 138 valence electrons. The van der Waals surface area contributed by atoms with Crippen molar-refractivity contribution in [3.05, 3.63) is 30.3 Å². The predicted molar refractivity (Wildman–Crippen MR) is 107 cm³/mol. The Kier molecular flexibility index (Phi) is 6.49. The van der Waals surface area contributed by atoms with Crippen molar-refractivity contribution in [3.8, 4) is 0 Å². The third-order valence-electron chi connectivity index (χ3n) is 6.11. The first-order valence-corrected chi connectivity index (χ1v) is 11.1. The standard InChI is InChI=1S/C22H33NOS/c1-4-5-7-12-18-19(15-25-17-10-8-6-9-11-17)20-13-14-21(24)23(20)22(18)16(2)3/h6,8-11,16,18-20,22H,4-5,7,12-15H2,1-3H3/t18-,19-,20+,22+/m0/s1. The molecule has 3 heteroatoms. The van der Waals surface area contributed by atoms with Crippen molar-refractivity contribution in [3.63, 3.8) is 0 Å². The third kappa shape index (κ3) is 4.07. The number of rotatable bonds is 8. The zero-order valence-electron chi connectivity index (χ0n) is 16.0. The van der Waals surface area contributed by atoms with Crippen molar-refractivity contribution < 1.29 is 4.79 Å². The Bertz CT molecular complexity index is 558. The molecule has 0 unspecified atom stereocenters. The van der Waals surface area contributed by atoms with Gasteiger partial charge in [0.1, 0.15) is 0 Å². The fourth-order valence-corrected chi connectivity index (χ4v) is 6.26. The van der Waals surface area contributed by atoms with E-state index in [0.29, 0.717) is 35.7 Å². The van der Waals surface area contributed by atoms with Gasteiger partial charge in [-0.2, -0.15) is 0 Å². The Balaban J connectivity index is 1.77. The molecular weight excluding hydrogens is 326 g/mol. The molecule has 0 spiro atoms. The van der Waals surface area contributed by atoms with Gasteiger partial charge in [-0.1, -0.05) is 58.2 Å². The summed E-state index contributed by atoms with van der Waals surface area (Å²) >= 11 is 1.99. The molecule has 0 radical (unpaired) electrons. The third-order valence-corrected chi connectivity index (χ3v) is 7.27. The maximum atomic E-state index is 12.6. The number of carbonyl (C=O) groups is 1. The van der Waals surface area contributed by atoms with Crippen molar-refractivity contribution in [2.75, 3.05) is 5.75 Å². The molecule has 25 heavy (non-hydrogen) atoms. The van der Waals surface area contributed by atoms with Gasteiger partial charge in [0.25, 0.3) is 0 Å². The summed E-state index contributed by atoms with van der Waals surface area (Å²) in [6, 6.07) is 11.7. The van der Waals surface area contributed by atoms with Gasteiger partial charge in [-0.15, -0.1) is 11.8 Å². The number of carbonyl (C=O) groups excluding carboxylic acids is 1. The van der Waals surface area contributed by atoms with Gasteiger partial charge < -0.3 is 4.90 Å². The Morgan fingerprint density at radius 1 is 1.16 bits per heavy atom. The van der Waals surface area contributed by atoms with Crippen molar-refractivity contribution in [1.29, 1.82) is 0 Å². The van der Waals surface area contributed by atoms with Crippen LogP contribution in [0.1, 0.15) is 59.3 Å². The van der Waals surface area contributed by atoms with E-state index in [1.807, 2.05) is 11.8 Å². The second-order valence-corrected chi connectivity index (χ2v) is 9.18. The van der Waals surface area contributed by atoms with Crippen LogP contribution < -0.4 is 0 Å². The van der Waals surface area contributed by atoms with Crippen LogP contribution in [0.2, 0.25) is 0 Å². The Hall–Kier alpha value is -0.960. The second kappa shape index (κ2) is 8.62. The lowest BCUT2D eigenvalue weighted by atomic mass is 9.80. The molecule has 2 heterocycles. The van der Waals surface area contributed by atoms with E-state index < -0.39 is 0 Å². The van der Waals surface area contributed by atoms with Gasteiger partial charge in [0.05, 0.1) is 0 Å². The lowest BCUT2D eigenvalue weighted by Crippen LogP contribution is -2.40. The fourth-order valence-electron chi connectivity index (χ4n) is 5.05. The van der Waals surface area contributed by atoms with Crippen LogP contribution in [0.5, 0.6) is 0 Å². The summed E-state index contributed by atoms with van der Waals surface area (Å²) < 4.78 is 0. The lowest BCUT2D eigenvalue weighted by Gasteiger charge is -2.31. The molecule has 2 saturated heterocycles. The van der Waals surface area contributed by atoms with Crippen LogP contribution in [0.15, 0.2) is 35.2 Å². The van der Waals surface area contributed by atoms with E-state index in [1.54, 1.807) is 0 Å². The molecule has 0 N–H and O–H groups in total. The Morgan fingerprint density at radius 3 is 2.60 bits per heavy atom. The molecule has 3 rings (SSSR count). The van der Waals surface area contributed by atoms with Crippen LogP contribution in [-0.4, -0.2) is 28.6 Å². The van der Waals surface area contributed by atoms with Crippen LogP contribution in [0.25, 0.3) is 0 Å². The van der Waals surface area contributed by atoms with Crippen LogP contribution in [0, 0.1) is 17.8 Å². The largest absolute Gasteiger partial charge is 0.336 e. The molecule has 2 fully saturated rings. The lowest BCUT2D eigenvalue weighted by molar-refractivity contribution is -0.131. The first kappa shape index (κ1) is 18.8. The number of amides is 1. The first-order chi connectivity index (χ1) is 12.1. The maximum absolute atomic E-state index is 12.6. The summed E-state index contributed by atoms with van der Waals surface area (Å²) in [7, 11) is 0. The van der Waals surface area contributed by atoms with E-state index in [2.05, 4.69) is 56.0 Å². The minimum Gasteiger partial charge on any atom is -0.336 e. The number of benzene rings is 1. The van der Waals surface area contributed by atoms with Crippen molar-refractivity contribution in [1.82, 2.24) is 4.90 Å². The number of unbranched alkanes of at least 4 members (excludes halogenated alkanes) is 2. The van der Waals surface area contributed by atoms with Gasteiger partial charge in [0, 0.05) is 29.2 Å². The molecular formula is C22H33NOS. The summed E-state index contributed by atoms with van der Waals surface area (Å²) in [5.74, 6) is 3.45. The molecule has 1 aromatic rings. The number of nitrogens with zero attached hydrogens (tertiary/aromatic N) is 1. The quantitative estimate of drug-likeness (QED) is 0.443. The van der Waals surface area contributed by atoms with Crippen LogP contribution in [-0.2, 0) is 4.79 Å². The molecule has 2 nitrogen and oxygen atoms in total. The number of hydrogen-bond donors (Lipinski definition) is 0. The molecule has 0 aliphatic carbocycles. The number of thioether (sulfide) groups is 1. The average molecular weight is 360 g/mol. The average Bonchev–Trinajstić information content (AvgIpc) is 3.12. The van der Waals surface area contributed by atoms with E-state index in [-0.39, 0.29) is 0 Å². The molecule has 4 atom stereocenters. The van der Waals surface area contributed by atoms with E-state index in [1.165, 1.54) is 30.6 Å². The second-order valence-electron chi connectivity index (χ2n) is 8.09. The van der Waals surface area contributed by atoms with Gasteiger partial charge in [-0.25, -0.2) is 0 Å². The highest BCUT2D eigenvalue weighted by Gasteiger charge is 2.53. The first-order valence-electron chi connectivity index (χ1n) is 10.1. The van der Waals surface area contributed by atoms with Crippen LogP contribution in [0.4, 0.5) is 0 Å². The van der Waals surface area contributed by atoms with E-state index in [9.17, 15) is 4.79 Å². The zero-order valence-corrected chi connectivity index (χ0v) is 16.8. The van der Waals surface area contributed by atoms with E-state index in [0.717, 1.165) is 18.6 Å². The van der Waals surface area contributed by atoms with Gasteiger partial charge in [0.15, 0.2) is 0 Å². The van der Waals surface area contributed by atoms with E-state index >= 15 is 0 Å². The zero-order chi connectivity index (χ0) is 17.8. The molecule has 2 aliphatic heterocycles. The summed E-state index contributed by atoms with van der Waals surface area (Å²) in [5, 5.41) is 0. The fraction of sp³-hybridized carbons (Fsp3) is 0.682. The SMILES string of the molecule is CCCCC[C@H]1[C@H](CSc2ccccc2)[C@H]2CCC(=O)N2[C@@H]1C(C)C. The summed E-state index contributed by atoms with van der Waals surface area (Å²) in [4.78, 5) is 16.3. The van der Waals surface area contributed by atoms with Crippen molar-refractivity contribution in [2.24, 2.45) is 17.8 Å². The number of hydrogen-bond acceptors (Lipinski definition) is 2. The van der Waals surface area contributed by atoms with E-state index in [4.69, 9.17) is 0 Å². The highest BCUT2D eigenvalue weighted by atomic mass is 32.2.